The first-order chi connectivity index (χ1) is 5.75. The van der Waals surface area contributed by atoms with Gasteiger partial charge in [0.1, 0.15) is 0 Å². The Kier molecular flexibility index (Phi) is 3.10. The summed E-state index contributed by atoms with van der Waals surface area (Å²) in [5, 5.41) is 1.49. The van der Waals surface area contributed by atoms with E-state index in [0.29, 0.717) is 13.2 Å². The molecule has 1 aliphatic heterocycles. The largest absolute Gasteiger partial charge is 0.449 e. The van der Waals surface area contributed by atoms with Gasteiger partial charge in [0.05, 0.1) is 12.6 Å². The number of carbonyl (C=O) groups is 1. The SMILES string of the molecule is CCOC(=O)N1NCC=CC1C. The number of nitrogens with one attached hydrogen (secondary N) is 1. The summed E-state index contributed by atoms with van der Waals surface area (Å²) in [6.07, 6.45) is 3.64. The zero-order valence-electron chi connectivity index (χ0n) is 7.41. The Morgan fingerprint density at radius 2 is 2.58 bits per heavy atom. The van der Waals surface area contributed by atoms with E-state index in [1.165, 1.54) is 5.01 Å². The molecular formula is C8H14N2O2. The second-order valence-electron chi connectivity index (χ2n) is 2.60. The highest BCUT2D eigenvalue weighted by atomic mass is 16.6. The minimum atomic E-state index is -0.311. The molecule has 1 N–H and O–H groups in total. The van der Waals surface area contributed by atoms with Crippen LogP contribution < -0.4 is 5.43 Å². The first-order valence-electron chi connectivity index (χ1n) is 4.12. The van der Waals surface area contributed by atoms with Crippen LogP contribution in [0.2, 0.25) is 0 Å². The highest BCUT2D eigenvalue weighted by Crippen LogP contribution is 2.03. The Labute approximate surface area is 72.2 Å². The second-order valence-corrected chi connectivity index (χ2v) is 2.60. The van der Waals surface area contributed by atoms with E-state index >= 15 is 0 Å². The molecule has 0 saturated carbocycles. The number of amides is 1. The summed E-state index contributed by atoms with van der Waals surface area (Å²) in [5.74, 6) is 0. The Morgan fingerprint density at radius 3 is 3.17 bits per heavy atom. The molecule has 1 amide bonds. The van der Waals surface area contributed by atoms with Crippen molar-refractivity contribution in [2.24, 2.45) is 0 Å². The number of ether oxygens (including phenoxy) is 1. The van der Waals surface area contributed by atoms with Gasteiger partial charge >= 0.3 is 6.09 Å². The first-order valence-corrected chi connectivity index (χ1v) is 4.12. The molecule has 1 rings (SSSR count). The van der Waals surface area contributed by atoms with Gasteiger partial charge in [-0.3, -0.25) is 0 Å². The van der Waals surface area contributed by atoms with Gasteiger partial charge in [-0.25, -0.2) is 15.2 Å². The second kappa shape index (κ2) is 4.11. The fourth-order valence-electron chi connectivity index (χ4n) is 1.07. The van der Waals surface area contributed by atoms with Crippen molar-refractivity contribution < 1.29 is 9.53 Å². The quantitative estimate of drug-likeness (QED) is 0.595. The number of hydrogen-bond donors (Lipinski definition) is 1. The van der Waals surface area contributed by atoms with E-state index in [1.807, 2.05) is 19.1 Å². The van der Waals surface area contributed by atoms with E-state index < -0.39 is 0 Å². The molecule has 1 atom stereocenters. The maximum absolute atomic E-state index is 11.2. The van der Waals surface area contributed by atoms with Gasteiger partial charge in [-0.2, -0.15) is 0 Å². The molecule has 0 spiro atoms. The van der Waals surface area contributed by atoms with Crippen LogP contribution in [0.5, 0.6) is 0 Å². The normalized spacial score (nSPS) is 22.5. The molecule has 4 nitrogen and oxygen atoms in total. The minimum Gasteiger partial charge on any atom is -0.449 e. The monoisotopic (exact) mass is 170 g/mol. The summed E-state index contributed by atoms with van der Waals surface area (Å²) in [4.78, 5) is 11.2. The summed E-state index contributed by atoms with van der Waals surface area (Å²) in [6, 6.07) is 0.0674. The molecule has 0 aromatic rings. The lowest BCUT2D eigenvalue weighted by molar-refractivity contribution is 0.0768. The van der Waals surface area contributed by atoms with E-state index in [-0.39, 0.29) is 12.1 Å². The number of hydrazine groups is 1. The molecule has 0 fully saturated rings. The van der Waals surface area contributed by atoms with Crippen molar-refractivity contribution in [1.29, 1.82) is 0 Å². The Morgan fingerprint density at radius 1 is 1.83 bits per heavy atom. The van der Waals surface area contributed by atoms with Gasteiger partial charge in [0.15, 0.2) is 0 Å². The van der Waals surface area contributed by atoms with Gasteiger partial charge < -0.3 is 4.74 Å². The smallest absolute Gasteiger partial charge is 0.424 e. The average molecular weight is 170 g/mol. The number of carbonyl (C=O) groups excluding carboxylic acids is 1. The molecule has 0 saturated heterocycles. The lowest BCUT2D eigenvalue weighted by Crippen LogP contribution is -2.50. The van der Waals surface area contributed by atoms with Gasteiger partial charge in [-0.15, -0.1) is 0 Å². The van der Waals surface area contributed by atoms with Crippen molar-refractivity contribution in [2.75, 3.05) is 13.2 Å². The van der Waals surface area contributed by atoms with Gasteiger partial charge in [0.25, 0.3) is 0 Å². The maximum atomic E-state index is 11.2. The van der Waals surface area contributed by atoms with Gasteiger partial charge in [0, 0.05) is 6.54 Å². The van der Waals surface area contributed by atoms with Crippen molar-refractivity contribution in [3.05, 3.63) is 12.2 Å². The predicted molar refractivity (Wildman–Crippen MR) is 45.5 cm³/mol. The Hall–Kier alpha value is -1.03. The van der Waals surface area contributed by atoms with Crippen LogP contribution in [0.25, 0.3) is 0 Å². The van der Waals surface area contributed by atoms with Crippen LogP contribution in [0.15, 0.2) is 12.2 Å². The molecule has 0 aliphatic carbocycles. The molecule has 1 heterocycles. The lowest BCUT2D eigenvalue weighted by Gasteiger charge is -2.29. The lowest BCUT2D eigenvalue weighted by atomic mass is 10.2. The van der Waals surface area contributed by atoms with Crippen molar-refractivity contribution in [3.8, 4) is 0 Å². The maximum Gasteiger partial charge on any atom is 0.424 e. The fourth-order valence-corrected chi connectivity index (χ4v) is 1.07. The standard InChI is InChI=1S/C8H14N2O2/c1-3-12-8(11)10-7(2)5-4-6-9-10/h4-5,7,9H,3,6H2,1-2H3. The van der Waals surface area contributed by atoms with E-state index in [1.54, 1.807) is 6.92 Å². The minimum absolute atomic E-state index is 0.0674. The molecule has 1 aliphatic rings. The van der Waals surface area contributed by atoms with Crippen LogP contribution in [0.3, 0.4) is 0 Å². The highest BCUT2D eigenvalue weighted by molar-refractivity contribution is 5.67. The van der Waals surface area contributed by atoms with Crippen molar-refractivity contribution >= 4 is 6.09 Å². The average Bonchev–Trinajstić information content (AvgIpc) is 2.05. The van der Waals surface area contributed by atoms with Crippen molar-refractivity contribution in [2.45, 2.75) is 19.9 Å². The zero-order chi connectivity index (χ0) is 8.97. The molecule has 68 valence electrons. The van der Waals surface area contributed by atoms with Crippen LogP contribution in [-0.4, -0.2) is 30.3 Å². The summed E-state index contributed by atoms with van der Waals surface area (Å²) in [5.41, 5.74) is 2.93. The van der Waals surface area contributed by atoms with E-state index in [2.05, 4.69) is 5.43 Å². The fraction of sp³-hybridized carbons (Fsp3) is 0.625. The molecule has 0 aromatic heterocycles. The summed E-state index contributed by atoms with van der Waals surface area (Å²) in [6.45, 7) is 4.82. The van der Waals surface area contributed by atoms with Crippen LogP contribution in [0.1, 0.15) is 13.8 Å². The van der Waals surface area contributed by atoms with Crippen LogP contribution >= 0.6 is 0 Å². The van der Waals surface area contributed by atoms with Crippen LogP contribution in [0.4, 0.5) is 4.79 Å². The predicted octanol–water partition coefficient (Wildman–Crippen LogP) is 0.908. The number of nitrogens with zero attached hydrogens (tertiary/aromatic N) is 1. The third kappa shape index (κ3) is 1.98. The van der Waals surface area contributed by atoms with Gasteiger partial charge in [-0.05, 0) is 13.8 Å². The molecule has 0 radical (unpaired) electrons. The molecule has 0 bridgehead atoms. The first kappa shape index (κ1) is 9.06. The summed E-state index contributed by atoms with van der Waals surface area (Å²) in [7, 11) is 0. The third-order valence-electron chi connectivity index (χ3n) is 1.67. The molecule has 4 heteroatoms. The topological polar surface area (TPSA) is 41.6 Å². The highest BCUT2D eigenvalue weighted by Gasteiger charge is 2.20. The Bertz CT molecular complexity index is 191. The summed E-state index contributed by atoms with van der Waals surface area (Å²) < 4.78 is 4.84. The molecule has 1 unspecified atom stereocenters. The van der Waals surface area contributed by atoms with Crippen molar-refractivity contribution in [1.82, 2.24) is 10.4 Å². The number of rotatable bonds is 1. The van der Waals surface area contributed by atoms with Gasteiger partial charge in [0.2, 0.25) is 0 Å². The van der Waals surface area contributed by atoms with Crippen LogP contribution in [0, 0.1) is 0 Å². The number of hydrogen-bond acceptors (Lipinski definition) is 3. The van der Waals surface area contributed by atoms with Crippen LogP contribution in [-0.2, 0) is 4.74 Å². The van der Waals surface area contributed by atoms with E-state index in [4.69, 9.17) is 4.74 Å². The Balaban J connectivity index is 2.50. The summed E-state index contributed by atoms with van der Waals surface area (Å²) >= 11 is 0. The van der Waals surface area contributed by atoms with Crippen molar-refractivity contribution in [3.63, 3.8) is 0 Å². The molecular weight excluding hydrogens is 156 g/mol. The van der Waals surface area contributed by atoms with E-state index in [9.17, 15) is 4.79 Å². The molecule has 0 aromatic carbocycles. The zero-order valence-corrected chi connectivity index (χ0v) is 7.41. The van der Waals surface area contributed by atoms with Gasteiger partial charge in [-0.1, -0.05) is 12.2 Å². The van der Waals surface area contributed by atoms with E-state index in [0.717, 1.165) is 0 Å². The third-order valence-corrected chi connectivity index (χ3v) is 1.67. The molecule has 12 heavy (non-hydrogen) atoms.